The van der Waals surface area contributed by atoms with Crippen LogP contribution in [-0.2, 0) is 7.05 Å². The van der Waals surface area contributed by atoms with Gasteiger partial charge in [-0.2, -0.15) is 10.2 Å². The minimum Gasteiger partial charge on any atom is -0.365 e. The molecule has 0 amide bonds. The Morgan fingerprint density at radius 2 is 1.76 bits per heavy atom. The molecule has 0 bridgehead atoms. The van der Waals surface area contributed by atoms with Crippen molar-refractivity contribution in [1.29, 1.82) is 0 Å². The van der Waals surface area contributed by atoms with Gasteiger partial charge in [0.1, 0.15) is 11.6 Å². The number of aryl methyl sites for hydroxylation is 3. The predicted molar refractivity (Wildman–Crippen MR) is 133 cm³/mol. The molecule has 1 aromatic carbocycles. The normalized spacial score (nSPS) is 15.1. The van der Waals surface area contributed by atoms with E-state index in [1.807, 2.05) is 50.2 Å². The molecule has 4 aromatic rings. The second-order valence-electron chi connectivity index (χ2n) is 8.91. The number of anilines is 3. The summed E-state index contributed by atoms with van der Waals surface area (Å²) in [6.07, 6.45) is 5.81. The maximum Gasteiger partial charge on any atom is 0.157 e. The summed E-state index contributed by atoms with van der Waals surface area (Å²) in [6, 6.07) is 7.26. The second-order valence-corrected chi connectivity index (χ2v) is 8.91. The van der Waals surface area contributed by atoms with E-state index in [-0.39, 0.29) is 11.9 Å². The van der Waals surface area contributed by atoms with Gasteiger partial charge in [-0.1, -0.05) is 18.2 Å². The van der Waals surface area contributed by atoms with Gasteiger partial charge in [0.2, 0.25) is 0 Å². The summed E-state index contributed by atoms with van der Waals surface area (Å²) in [5.41, 5.74) is 3.19. The summed E-state index contributed by atoms with van der Waals surface area (Å²) in [6.45, 7) is 9.15. The minimum atomic E-state index is -0.264. The van der Waals surface area contributed by atoms with Crippen molar-refractivity contribution < 1.29 is 4.39 Å². The molecule has 1 fully saturated rings. The largest absolute Gasteiger partial charge is 0.365 e. The zero-order valence-electron chi connectivity index (χ0n) is 20.0. The highest BCUT2D eigenvalue weighted by Gasteiger charge is 2.21. The molecule has 9 heteroatoms. The number of hydrogen-bond donors (Lipinski definition) is 1. The van der Waals surface area contributed by atoms with Crippen molar-refractivity contribution in [2.45, 2.75) is 26.8 Å². The Morgan fingerprint density at radius 1 is 1.00 bits per heavy atom. The Labute approximate surface area is 198 Å². The molecule has 0 unspecified atom stereocenters. The summed E-state index contributed by atoms with van der Waals surface area (Å²) in [4.78, 5) is 9.36. The molecule has 0 saturated carbocycles. The fraction of sp³-hybridized carbons (Fsp3) is 0.360. The number of nitrogens with one attached hydrogen (secondary N) is 1. The van der Waals surface area contributed by atoms with Gasteiger partial charge < -0.3 is 15.1 Å². The van der Waals surface area contributed by atoms with Crippen LogP contribution in [0.25, 0.3) is 10.8 Å². The van der Waals surface area contributed by atoms with E-state index in [1.165, 1.54) is 0 Å². The van der Waals surface area contributed by atoms with Crippen LogP contribution in [-0.4, -0.2) is 51.1 Å². The van der Waals surface area contributed by atoms with Gasteiger partial charge in [0.15, 0.2) is 5.82 Å². The lowest BCUT2D eigenvalue weighted by molar-refractivity contribution is 0.591. The molecule has 3 aromatic heterocycles. The molecular weight excluding hydrogens is 431 g/mol. The van der Waals surface area contributed by atoms with Gasteiger partial charge in [0.25, 0.3) is 0 Å². The van der Waals surface area contributed by atoms with Gasteiger partial charge in [-0.15, -0.1) is 5.10 Å². The maximum atomic E-state index is 14.7. The first-order valence-corrected chi connectivity index (χ1v) is 11.5. The van der Waals surface area contributed by atoms with Crippen LogP contribution in [0.5, 0.6) is 0 Å². The van der Waals surface area contributed by atoms with Gasteiger partial charge >= 0.3 is 0 Å². The van der Waals surface area contributed by atoms with Crippen molar-refractivity contribution in [2.24, 2.45) is 7.05 Å². The van der Waals surface area contributed by atoms with E-state index in [0.717, 1.165) is 54.2 Å². The molecule has 0 radical (unpaired) electrons. The highest BCUT2D eigenvalue weighted by molar-refractivity contribution is 5.94. The molecule has 176 valence electrons. The quantitative estimate of drug-likeness (QED) is 0.482. The third-order valence-electron chi connectivity index (χ3n) is 6.54. The van der Waals surface area contributed by atoms with E-state index < -0.39 is 0 Å². The molecule has 1 saturated heterocycles. The van der Waals surface area contributed by atoms with Crippen LogP contribution in [0.2, 0.25) is 0 Å². The molecular formula is C25H29FN8. The zero-order chi connectivity index (χ0) is 23.8. The summed E-state index contributed by atoms with van der Waals surface area (Å²) in [5, 5.41) is 18.3. The summed E-state index contributed by atoms with van der Waals surface area (Å²) >= 11 is 0. The number of pyridine rings is 1. The van der Waals surface area contributed by atoms with Crippen LogP contribution >= 0.6 is 0 Å². The fourth-order valence-electron chi connectivity index (χ4n) is 4.49. The van der Waals surface area contributed by atoms with Gasteiger partial charge in [-0.3, -0.25) is 4.68 Å². The van der Waals surface area contributed by atoms with Crippen LogP contribution in [0, 0.1) is 19.7 Å². The Bertz CT molecular complexity index is 1330. The van der Waals surface area contributed by atoms with Crippen LogP contribution in [0.15, 0.2) is 42.9 Å². The molecule has 1 N–H and O–H groups in total. The lowest BCUT2D eigenvalue weighted by Crippen LogP contribution is -2.46. The molecule has 1 aliphatic heterocycles. The number of aromatic nitrogens is 5. The van der Waals surface area contributed by atoms with Gasteiger partial charge in [-0.05, 0) is 32.4 Å². The first kappa shape index (κ1) is 22.1. The number of rotatable bonds is 5. The Kier molecular flexibility index (Phi) is 5.77. The number of nitrogens with zero attached hydrogens (tertiary/aromatic N) is 7. The molecule has 5 rings (SSSR count). The molecule has 34 heavy (non-hydrogen) atoms. The lowest BCUT2D eigenvalue weighted by Gasteiger charge is -2.36. The molecule has 0 spiro atoms. The van der Waals surface area contributed by atoms with Gasteiger partial charge in [0.05, 0.1) is 23.6 Å². The topological polar surface area (TPSA) is 75.0 Å². The summed E-state index contributed by atoms with van der Waals surface area (Å²) in [7, 11) is 1.93. The summed E-state index contributed by atoms with van der Waals surface area (Å²) < 4.78 is 16.5. The second kappa shape index (κ2) is 8.89. The van der Waals surface area contributed by atoms with Gasteiger partial charge in [-0.25, -0.2) is 9.37 Å². The van der Waals surface area contributed by atoms with E-state index in [2.05, 4.69) is 36.5 Å². The molecule has 8 nitrogen and oxygen atoms in total. The summed E-state index contributed by atoms with van der Waals surface area (Å²) in [5.74, 6) is 1.34. The predicted octanol–water partition coefficient (Wildman–Crippen LogP) is 4.01. The van der Waals surface area contributed by atoms with E-state index in [9.17, 15) is 4.39 Å². The number of halogens is 1. The molecule has 1 aliphatic rings. The first-order valence-electron chi connectivity index (χ1n) is 11.5. The monoisotopic (exact) mass is 460 g/mol. The molecule has 4 heterocycles. The third kappa shape index (κ3) is 4.13. The van der Waals surface area contributed by atoms with Crippen molar-refractivity contribution >= 4 is 28.1 Å². The van der Waals surface area contributed by atoms with Crippen LogP contribution < -0.4 is 15.1 Å². The van der Waals surface area contributed by atoms with Crippen molar-refractivity contribution in [3.05, 3.63) is 65.5 Å². The Hall–Kier alpha value is -3.75. The van der Waals surface area contributed by atoms with Crippen molar-refractivity contribution in [2.75, 3.05) is 41.3 Å². The minimum absolute atomic E-state index is 0.194. The average molecular weight is 461 g/mol. The highest BCUT2D eigenvalue weighted by atomic mass is 19.1. The lowest BCUT2D eigenvalue weighted by atomic mass is 10.0. The van der Waals surface area contributed by atoms with Crippen molar-refractivity contribution in [3.8, 4) is 0 Å². The maximum absolute atomic E-state index is 14.7. The highest BCUT2D eigenvalue weighted by Crippen LogP contribution is 2.30. The number of piperazine rings is 1. The number of hydrogen-bond acceptors (Lipinski definition) is 7. The first-order chi connectivity index (χ1) is 16.4. The van der Waals surface area contributed by atoms with E-state index in [4.69, 9.17) is 4.98 Å². The number of benzene rings is 1. The standard InChI is InChI=1S/C25H29FN8/c1-16-6-5-7-20(24(16)26)17(2)29-25-21-12-23(27-14-22(21)18(3)30-31-25)34-10-8-33(9-11-34)19-13-28-32(4)15-19/h5-7,12-15,17H,8-11H2,1-4H3,(H,29,31)/t17-/m1/s1. The zero-order valence-corrected chi connectivity index (χ0v) is 20.0. The van der Waals surface area contributed by atoms with Crippen LogP contribution in [0.3, 0.4) is 0 Å². The fourth-order valence-corrected chi connectivity index (χ4v) is 4.49. The van der Waals surface area contributed by atoms with E-state index in [0.29, 0.717) is 16.9 Å². The Balaban J connectivity index is 1.40. The number of fused-ring (bicyclic) bond motifs is 1. The van der Waals surface area contributed by atoms with E-state index in [1.54, 1.807) is 19.1 Å². The van der Waals surface area contributed by atoms with Crippen LogP contribution in [0.4, 0.5) is 21.7 Å². The molecule has 1 atom stereocenters. The van der Waals surface area contributed by atoms with E-state index >= 15 is 0 Å². The van der Waals surface area contributed by atoms with Crippen molar-refractivity contribution in [3.63, 3.8) is 0 Å². The average Bonchev–Trinajstić information content (AvgIpc) is 3.28. The third-order valence-corrected chi connectivity index (χ3v) is 6.54. The smallest absolute Gasteiger partial charge is 0.157 e. The molecule has 0 aliphatic carbocycles. The van der Waals surface area contributed by atoms with Gasteiger partial charge in [0, 0.05) is 62.0 Å². The van der Waals surface area contributed by atoms with Crippen LogP contribution in [0.1, 0.15) is 29.8 Å². The SMILES string of the molecule is Cc1cccc([C@@H](C)Nc2nnc(C)c3cnc(N4CCN(c5cnn(C)c5)CC4)cc23)c1F. The van der Waals surface area contributed by atoms with Crippen molar-refractivity contribution in [1.82, 2.24) is 25.0 Å². The Morgan fingerprint density at radius 3 is 2.50 bits per heavy atom.